The van der Waals surface area contributed by atoms with E-state index in [0.29, 0.717) is 5.92 Å². The van der Waals surface area contributed by atoms with E-state index in [1.165, 1.54) is 10.6 Å². The molecule has 3 nitrogen and oxygen atoms in total. The molecule has 0 bridgehead atoms. The summed E-state index contributed by atoms with van der Waals surface area (Å²) in [6.45, 7) is 1.57. The molecule has 1 aliphatic heterocycles. The summed E-state index contributed by atoms with van der Waals surface area (Å²) in [5.41, 5.74) is 1.35. The lowest BCUT2D eigenvalue weighted by Gasteiger charge is -2.27. The van der Waals surface area contributed by atoms with E-state index in [-0.39, 0.29) is 0 Å². The Balaban J connectivity index is 2.03. The highest BCUT2D eigenvalue weighted by atomic mass is 16.5. The fourth-order valence-corrected chi connectivity index (χ4v) is 1.83. The molecule has 70 valence electrons. The van der Waals surface area contributed by atoms with Crippen molar-refractivity contribution in [2.75, 3.05) is 13.1 Å². The van der Waals surface area contributed by atoms with Gasteiger partial charge in [-0.2, -0.15) is 5.06 Å². The second kappa shape index (κ2) is 3.85. The van der Waals surface area contributed by atoms with Gasteiger partial charge in [0, 0.05) is 25.5 Å². The topological polar surface area (TPSA) is 36.4 Å². The molecule has 0 amide bonds. The smallest absolute Gasteiger partial charge is 0.0270 e. The first-order valence-electron chi connectivity index (χ1n) is 4.70. The summed E-state index contributed by atoms with van der Waals surface area (Å²) < 4.78 is 0. The van der Waals surface area contributed by atoms with Gasteiger partial charge in [-0.1, -0.05) is 0 Å². The highest BCUT2D eigenvalue weighted by molar-refractivity contribution is 5.16. The van der Waals surface area contributed by atoms with Crippen LogP contribution in [0.5, 0.6) is 0 Å². The van der Waals surface area contributed by atoms with Crippen LogP contribution >= 0.6 is 0 Å². The summed E-state index contributed by atoms with van der Waals surface area (Å²) in [4.78, 5) is 4.00. The van der Waals surface area contributed by atoms with Crippen LogP contribution < -0.4 is 0 Å². The predicted molar refractivity (Wildman–Crippen MR) is 49.6 cm³/mol. The van der Waals surface area contributed by atoms with Crippen molar-refractivity contribution in [2.45, 2.75) is 18.8 Å². The number of piperidine rings is 1. The summed E-state index contributed by atoms with van der Waals surface area (Å²) in [6, 6.07) is 4.13. The summed E-state index contributed by atoms with van der Waals surface area (Å²) >= 11 is 0. The third-order valence-corrected chi connectivity index (χ3v) is 2.65. The molecule has 0 spiro atoms. The zero-order chi connectivity index (χ0) is 9.10. The Morgan fingerprint density at radius 1 is 1.23 bits per heavy atom. The first-order valence-corrected chi connectivity index (χ1v) is 4.70. The van der Waals surface area contributed by atoms with Crippen molar-refractivity contribution in [3.8, 4) is 0 Å². The standard InChI is InChI=1S/C10H14N2O/c13-12-7-3-10(4-8-12)9-1-5-11-6-2-9/h1-2,5-6,10,13H,3-4,7-8H2. The van der Waals surface area contributed by atoms with E-state index in [2.05, 4.69) is 17.1 Å². The molecule has 0 aromatic carbocycles. The van der Waals surface area contributed by atoms with Crippen molar-refractivity contribution in [1.29, 1.82) is 0 Å². The number of rotatable bonds is 1. The van der Waals surface area contributed by atoms with E-state index >= 15 is 0 Å². The van der Waals surface area contributed by atoms with Crippen LogP contribution in [-0.4, -0.2) is 28.3 Å². The van der Waals surface area contributed by atoms with E-state index < -0.39 is 0 Å². The Morgan fingerprint density at radius 2 is 1.85 bits per heavy atom. The van der Waals surface area contributed by atoms with Crippen LogP contribution in [-0.2, 0) is 0 Å². The molecule has 1 N–H and O–H groups in total. The summed E-state index contributed by atoms with van der Waals surface area (Å²) in [7, 11) is 0. The minimum absolute atomic E-state index is 0.603. The second-order valence-electron chi connectivity index (χ2n) is 3.51. The van der Waals surface area contributed by atoms with Crippen LogP contribution in [0.1, 0.15) is 24.3 Å². The summed E-state index contributed by atoms with van der Waals surface area (Å²) in [5.74, 6) is 0.603. The van der Waals surface area contributed by atoms with Gasteiger partial charge in [-0.05, 0) is 36.5 Å². The number of pyridine rings is 1. The molecule has 3 heteroatoms. The SMILES string of the molecule is ON1CCC(c2ccncc2)CC1. The Hall–Kier alpha value is -0.930. The van der Waals surface area contributed by atoms with Crippen LogP contribution in [0.3, 0.4) is 0 Å². The average molecular weight is 178 g/mol. The first-order chi connectivity index (χ1) is 6.36. The van der Waals surface area contributed by atoms with Gasteiger partial charge in [0.25, 0.3) is 0 Å². The van der Waals surface area contributed by atoms with E-state index in [0.717, 1.165) is 25.9 Å². The zero-order valence-electron chi connectivity index (χ0n) is 7.56. The second-order valence-corrected chi connectivity index (χ2v) is 3.51. The predicted octanol–water partition coefficient (Wildman–Crippen LogP) is 1.65. The van der Waals surface area contributed by atoms with Gasteiger partial charge in [0.1, 0.15) is 0 Å². The van der Waals surface area contributed by atoms with Crippen LogP contribution in [0, 0.1) is 0 Å². The average Bonchev–Trinajstić information content (AvgIpc) is 2.20. The van der Waals surface area contributed by atoms with Crippen molar-refractivity contribution in [3.05, 3.63) is 30.1 Å². The molecule has 1 aliphatic rings. The maximum atomic E-state index is 9.19. The minimum Gasteiger partial charge on any atom is -0.314 e. The fourth-order valence-electron chi connectivity index (χ4n) is 1.83. The molecule has 0 unspecified atom stereocenters. The van der Waals surface area contributed by atoms with E-state index in [4.69, 9.17) is 0 Å². The number of hydrogen-bond donors (Lipinski definition) is 1. The third-order valence-electron chi connectivity index (χ3n) is 2.65. The zero-order valence-corrected chi connectivity index (χ0v) is 7.56. The Bertz CT molecular complexity index is 255. The molecule has 1 saturated heterocycles. The largest absolute Gasteiger partial charge is 0.314 e. The third kappa shape index (κ3) is 2.05. The van der Waals surface area contributed by atoms with Gasteiger partial charge in [0.15, 0.2) is 0 Å². The maximum absolute atomic E-state index is 9.19. The molecule has 1 aromatic rings. The quantitative estimate of drug-likeness (QED) is 0.710. The van der Waals surface area contributed by atoms with E-state index in [1.54, 1.807) is 0 Å². The number of hydrogen-bond acceptors (Lipinski definition) is 3. The van der Waals surface area contributed by atoms with Gasteiger partial charge in [-0.25, -0.2) is 0 Å². The van der Waals surface area contributed by atoms with Gasteiger partial charge in [0.05, 0.1) is 0 Å². The van der Waals surface area contributed by atoms with Gasteiger partial charge < -0.3 is 5.21 Å². The van der Waals surface area contributed by atoms with Crippen molar-refractivity contribution in [3.63, 3.8) is 0 Å². The van der Waals surface area contributed by atoms with Gasteiger partial charge in [-0.15, -0.1) is 0 Å². The molecule has 1 aromatic heterocycles. The van der Waals surface area contributed by atoms with Crippen LogP contribution in [0.4, 0.5) is 0 Å². The number of nitrogens with zero attached hydrogens (tertiary/aromatic N) is 2. The number of aromatic nitrogens is 1. The fraction of sp³-hybridized carbons (Fsp3) is 0.500. The molecule has 2 rings (SSSR count). The Kier molecular flexibility index (Phi) is 2.57. The van der Waals surface area contributed by atoms with Gasteiger partial charge in [0.2, 0.25) is 0 Å². The maximum Gasteiger partial charge on any atom is 0.0270 e. The normalized spacial score (nSPS) is 20.4. The molecule has 0 aliphatic carbocycles. The van der Waals surface area contributed by atoms with Crippen LogP contribution in [0.25, 0.3) is 0 Å². The molecule has 0 saturated carbocycles. The van der Waals surface area contributed by atoms with Crippen molar-refractivity contribution >= 4 is 0 Å². The van der Waals surface area contributed by atoms with Crippen LogP contribution in [0.2, 0.25) is 0 Å². The molecule has 2 heterocycles. The highest BCUT2D eigenvalue weighted by Gasteiger charge is 2.18. The molecule has 0 radical (unpaired) electrons. The summed E-state index contributed by atoms with van der Waals surface area (Å²) in [6.07, 6.45) is 5.75. The Morgan fingerprint density at radius 3 is 2.46 bits per heavy atom. The lowest BCUT2D eigenvalue weighted by Crippen LogP contribution is -2.29. The molecular formula is C10H14N2O. The Labute approximate surface area is 78.0 Å². The minimum atomic E-state index is 0.603. The van der Waals surface area contributed by atoms with Crippen molar-refractivity contribution in [2.24, 2.45) is 0 Å². The van der Waals surface area contributed by atoms with Crippen LogP contribution in [0.15, 0.2) is 24.5 Å². The van der Waals surface area contributed by atoms with Crippen molar-refractivity contribution in [1.82, 2.24) is 10.0 Å². The monoisotopic (exact) mass is 178 g/mol. The highest BCUT2D eigenvalue weighted by Crippen LogP contribution is 2.26. The molecule has 1 fully saturated rings. The van der Waals surface area contributed by atoms with Gasteiger partial charge >= 0.3 is 0 Å². The molecular weight excluding hydrogens is 164 g/mol. The van der Waals surface area contributed by atoms with Gasteiger partial charge in [-0.3, -0.25) is 4.98 Å². The van der Waals surface area contributed by atoms with E-state index in [9.17, 15) is 5.21 Å². The van der Waals surface area contributed by atoms with E-state index in [1.807, 2.05) is 12.4 Å². The molecule has 0 atom stereocenters. The molecule has 13 heavy (non-hydrogen) atoms. The number of hydroxylamine groups is 2. The lowest BCUT2D eigenvalue weighted by molar-refractivity contribution is -0.106. The summed E-state index contributed by atoms with van der Waals surface area (Å²) in [5, 5.41) is 10.6. The van der Waals surface area contributed by atoms with Crippen molar-refractivity contribution < 1.29 is 5.21 Å². The first kappa shape index (κ1) is 8.66. The lowest BCUT2D eigenvalue weighted by atomic mass is 9.91.